The number of rotatable bonds is 7. The van der Waals surface area contributed by atoms with E-state index in [1.807, 2.05) is 44.2 Å². The second kappa shape index (κ2) is 9.98. The molecule has 0 aliphatic rings. The summed E-state index contributed by atoms with van der Waals surface area (Å²) in [6, 6.07) is 14.5. The smallest absolute Gasteiger partial charge is 0.416 e. The molecule has 32 heavy (non-hydrogen) atoms. The maximum atomic E-state index is 13.0. The van der Waals surface area contributed by atoms with Crippen molar-refractivity contribution in [1.82, 2.24) is 4.98 Å². The Morgan fingerprint density at radius 2 is 1.47 bits per heavy atom. The molecule has 3 rings (SSSR count). The molecule has 0 saturated heterocycles. The molecule has 0 fully saturated rings. The number of ether oxygens (including phenoxy) is 1. The molecule has 0 bridgehead atoms. The minimum Gasteiger partial charge on any atom is -0.466 e. The van der Waals surface area contributed by atoms with Crippen LogP contribution in [0, 0.1) is 5.92 Å². The molecule has 1 heterocycles. The molecule has 3 nitrogen and oxygen atoms in total. The zero-order valence-corrected chi connectivity index (χ0v) is 18.3. The first-order valence-electron chi connectivity index (χ1n) is 10.6. The van der Waals surface area contributed by atoms with E-state index in [1.54, 1.807) is 19.3 Å². The second-order valence-electron chi connectivity index (χ2n) is 8.09. The SMILES string of the molecule is CCOC(=O)C(CC(C)C)c1cc(-c2ccncc2)cc(-c2ccc(C(F)(F)F)cc2)c1. The lowest BCUT2D eigenvalue weighted by molar-refractivity contribution is -0.145. The summed E-state index contributed by atoms with van der Waals surface area (Å²) in [7, 11) is 0. The third-order valence-corrected chi connectivity index (χ3v) is 5.20. The molecule has 168 valence electrons. The molecule has 0 amide bonds. The number of hydrogen-bond acceptors (Lipinski definition) is 3. The van der Waals surface area contributed by atoms with Crippen molar-refractivity contribution in [2.24, 2.45) is 5.92 Å². The van der Waals surface area contributed by atoms with Crippen LogP contribution in [0.15, 0.2) is 67.0 Å². The third-order valence-electron chi connectivity index (χ3n) is 5.20. The lowest BCUT2D eigenvalue weighted by Gasteiger charge is -2.20. The fourth-order valence-electron chi connectivity index (χ4n) is 3.66. The van der Waals surface area contributed by atoms with Crippen LogP contribution >= 0.6 is 0 Å². The number of carbonyl (C=O) groups excluding carboxylic acids is 1. The first-order chi connectivity index (χ1) is 15.2. The average molecular weight is 441 g/mol. The van der Waals surface area contributed by atoms with Crippen LogP contribution in [0.3, 0.4) is 0 Å². The molecule has 0 spiro atoms. The number of hydrogen-bond donors (Lipinski definition) is 0. The van der Waals surface area contributed by atoms with Gasteiger partial charge in [0.05, 0.1) is 18.1 Å². The molecule has 0 saturated carbocycles. The van der Waals surface area contributed by atoms with Crippen molar-refractivity contribution in [2.45, 2.75) is 39.3 Å². The number of pyridine rings is 1. The van der Waals surface area contributed by atoms with Crippen molar-refractivity contribution < 1.29 is 22.7 Å². The van der Waals surface area contributed by atoms with Crippen LogP contribution in [-0.4, -0.2) is 17.6 Å². The van der Waals surface area contributed by atoms with E-state index in [0.29, 0.717) is 12.0 Å². The molecule has 0 N–H and O–H groups in total. The number of halogens is 3. The van der Waals surface area contributed by atoms with E-state index in [2.05, 4.69) is 4.98 Å². The van der Waals surface area contributed by atoms with Crippen LogP contribution in [0.4, 0.5) is 13.2 Å². The number of benzene rings is 2. The van der Waals surface area contributed by atoms with Gasteiger partial charge < -0.3 is 4.74 Å². The minimum atomic E-state index is -4.39. The molecule has 0 radical (unpaired) electrons. The van der Waals surface area contributed by atoms with Gasteiger partial charge in [0, 0.05) is 12.4 Å². The Morgan fingerprint density at radius 3 is 1.97 bits per heavy atom. The zero-order valence-electron chi connectivity index (χ0n) is 18.3. The number of nitrogens with zero attached hydrogens (tertiary/aromatic N) is 1. The topological polar surface area (TPSA) is 39.2 Å². The molecule has 1 unspecified atom stereocenters. The van der Waals surface area contributed by atoms with E-state index in [-0.39, 0.29) is 18.5 Å². The van der Waals surface area contributed by atoms with Crippen molar-refractivity contribution in [2.75, 3.05) is 6.61 Å². The van der Waals surface area contributed by atoms with E-state index in [0.717, 1.165) is 34.4 Å². The number of alkyl halides is 3. The van der Waals surface area contributed by atoms with Gasteiger partial charge in [0.1, 0.15) is 0 Å². The van der Waals surface area contributed by atoms with Crippen molar-refractivity contribution in [3.63, 3.8) is 0 Å². The van der Waals surface area contributed by atoms with Crippen molar-refractivity contribution in [3.05, 3.63) is 78.1 Å². The minimum absolute atomic E-state index is 0.253. The Kier molecular flexibility index (Phi) is 7.33. The third kappa shape index (κ3) is 5.75. The van der Waals surface area contributed by atoms with E-state index in [4.69, 9.17) is 4.74 Å². The molecular formula is C26H26F3NO2. The summed E-state index contributed by atoms with van der Waals surface area (Å²) in [5.41, 5.74) is 3.22. The fourth-order valence-corrected chi connectivity index (χ4v) is 3.66. The van der Waals surface area contributed by atoms with Gasteiger partial charge in [0.25, 0.3) is 0 Å². The van der Waals surface area contributed by atoms with E-state index in [1.165, 1.54) is 12.1 Å². The van der Waals surface area contributed by atoms with Crippen LogP contribution < -0.4 is 0 Å². The van der Waals surface area contributed by atoms with E-state index < -0.39 is 17.7 Å². The summed E-state index contributed by atoms with van der Waals surface area (Å²) < 4.78 is 44.3. The fraction of sp³-hybridized carbons (Fsp3) is 0.308. The summed E-state index contributed by atoms with van der Waals surface area (Å²) in [4.78, 5) is 16.8. The lowest BCUT2D eigenvalue weighted by Crippen LogP contribution is -2.18. The van der Waals surface area contributed by atoms with Crippen molar-refractivity contribution >= 4 is 5.97 Å². The maximum absolute atomic E-state index is 13.0. The van der Waals surface area contributed by atoms with Gasteiger partial charge in [-0.1, -0.05) is 38.1 Å². The highest BCUT2D eigenvalue weighted by Gasteiger charge is 2.30. The monoisotopic (exact) mass is 441 g/mol. The Bertz CT molecular complexity index is 1040. The number of carbonyl (C=O) groups is 1. The molecule has 0 aliphatic heterocycles. The van der Waals surface area contributed by atoms with Crippen LogP contribution in [0.2, 0.25) is 0 Å². The normalized spacial score (nSPS) is 12.6. The zero-order chi connectivity index (χ0) is 23.3. The van der Waals surface area contributed by atoms with Gasteiger partial charge in [0.2, 0.25) is 0 Å². The van der Waals surface area contributed by atoms with Gasteiger partial charge in [0.15, 0.2) is 0 Å². The summed E-state index contributed by atoms with van der Waals surface area (Å²) in [5.74, 6) is -0.514. The molecule has 2 aromatic carbocycles. The van der Waals surface area contributed by atoms with Crippen molar-refractivity contribution in [3.8, 4) is 22.3 Å². The van der Waals surface area contributed by atoms with Crippen LogP contribution in [-0.2, 0) is 15.7 Å². The average Bonchev–Trinajstić information content (AvgIpc) is 2.77. The first-order valence-corrected chi connectivity index (χ1v) is 10.6. The highest BCUT2D eigenvalue weighted by atomic mass is 19.4. The summed E-state index contributed by atoms with van der Waals surface area (Å²) >= 11 is 0. The van der Waals surface area contributed by atoms with Gasteiger partial charge in [-0.05, 0) is 77.4 Å². The van der Waals surface area contributed by atoms with Crippen LogP contribution in [0.1, 0.15) is 44.2 Å². The van der Waals surface area contributed by atoms with Crippen molar-refractivity contribution in [1.29, 1.82) is 0 Å². The Balaban J connectivity index is 2.14. The quantitative estimate of drug-likeness (QED) is 0.366. The Labute approximate surface area is 186 Å². The molecule has 1 aromatic heterocycles. The molecule has 1 atom stereocenters. The Hall–Kier alpha value is -3.15. The van der Waals surface area contributed by atoms with Gasteiger partial charge in [-0.2, -0.15) is 13.2 Å². The first kappa shape index (κ1) is 23.5. The largest absolute Gasteiger partial charge is 0.466 e. The highest BCUT2D eigenvalue weighted by Crippen LogP contribution is 2.35. The lowest BCUT2D eigenvalue weighted by atomic mass is 9.86. The summed E-state index contributed by atoms with van der Waals surface area (Å²) in [5, 5.41) is 0. The molecule has 6 heteroatoms. The van der Waals surface area contributed by atoms with Gasteiger partial charge >= 0.3 is 12.1 Å². The second-order valence-corrected chi connectivity index (χ2v) is 8.09. The van der Waals surface area contributed by atoms with Gasteiger partial charge in [-0.3, -0.25) is 9.78 Å². The van der Waals surface area contributed by atoms with E-state index in [9.17, 15) is 18.0 Å². The standard InChI is InChI=1S/C26H26F3NO2/c1-4-32-25(31)24(13-17(2)3)22-15-20(14-21(16-22)19-9-11-30-12-10-19)18-5-7-23(8-6-18)26(27,28)29/h5-12,14-17,24H,4,13H2,1-3H3. The molecule has 3 aromatic rings. The molecular weight excluding hydrogens is 415 g/mol. The summed E-state index contributed by atoms with van der Waals surface area (Å²) in [6.07, 6.45) is -0.437. The van der Waals surface area contributed by atoms with Crippen LogP contribution in [0.5, 0.6) is 0 Å². The van der Waals surface area contributed by atoms with E-state index >= 15 is 0 Å². The van der Waals surface area contributed by atoms with Crippen LogP contribution in [0.25, 0.3) is 22.3 Å². The summed E-state index contributed by atoms with van der Waals surface area (Å²) in [6.45, 7) is 6.13. The Morgan fingerprint density at radius 1 is 0.906 bits per heavy atom. The van der Waals surface area contributed by atoms with Gasteiger partial charge in [-0.15, -0.1) is 0 Å². The predicted octanol–water partition coefficient (Wildman–Crippen LogP) is 7.13. The highest BCUT2D eigenvalue weighted by molar-refractivity contribution is 5.81. The van der Waals surface area contributed by atoms with Gasteiger partial charge in [-0.25, -0.2) is 0 Å². The molecule has 0 aliphatic carbocycles. The maximum Gasteiger partial charge on any atom is 0.416 e. The number of aromatic nitrogens is 1. The predicted molar refractivity (Wildman–Crippen MR) is 119 cm³/mol. The number of esters is 1.